The number of ether oxygens (including phenoxy) is 1. The summed E-state index contributed by atoms with van der Waals surface area (Å²) in [7, 11) is 1.62. The summed E-state index contributed by atoms with van der Waals surface area (Å²) < 4.78 is 15.8. The zero-order valence-electron chi connectivity index (χ0n) is 14.6. The first-order valence-electron chi connectivity index (χ1n) is 8.51. The van der Waals surface area contributed by atoms with Crippen LogP contribution in [0.4, 0.5) is 0 Å². The van der Waals surface area contributed by atoms with Crippen molar-refractivity contribution in [3.8, 4) is 17.0 Å². The van der Waals surface area contributed by atoms with Gasteiger partial charge >= 0.3 is 0 Å². The highest BCUT2D eigenvalue weighted by atomic mass is 16.5. The Balaban J connectivity index is 1.55. The maximum Gasteiger partial charge on any atom is 0.293 e. The first kappa shape index (κ1) is 16.4. The van der Waals surface area contributed by atoms with E-state index in [9.17, 15) is 4.79 Å². The molecule has 134 valence electrons. The molecule has 1 aliphatic rings. The molecule has 0 radical (unpaired) electrons. The van der Waals surface area contributed by atoms with Gasteiger partial charge in [0.25, 0.3) is 5.91 Å². The van der Waals surface area contributed by atoms with Crippen molar-refractivity contribution in [2.45, 2.75) is 25.8 Å². The van der Waals surface area contributed by atoms with E-state index < -0.39 is 0 Å². The number of aromatic nitrogens is 2. The molecule has 3 aromatic rings. The lowest BCUT2D eigenvalue weighted by Crippen LogP contribution is -2.30. The van der Waals surface area contributed by atoms with E-state index in [0.29, 0.717) is 18.0 Å². The Bertz CT molecular complexity index is 913. The summed E-state index contributed by atoms with van der Waals surface area (Å²) in [5.74, 6) is 1.51. The second kappa shape index (κ2) is 6.67. The van der Waals surface area contributed by atoms with Crippen LogP contribution in [0.15, 0.2) is 45.4 Å². The van der Waals surface area contributed by atoms with E-state index in [0.717, 1.165) is 29.8 Å². The van der Waals surface area contributed by atoms with Gasteiger partial charge in [0.15, 0.2) is 5.76 Å². The maximum absolute atomic E-state index is 12.9. The van der Waals surface area contributed by atoms with Gasteiger partial charge in [0, 0.05) is 24.2 Å². The molecular weight excluding hydrogens is 334 g/mol. The topological polar surface area (TPSA) is 81.6 Å². The molecule has 0 unspecified atom stereocenters. The molecule has 0 bridgehead atoms. The fourth-order valence-electron chi connectivity index (χ4n) is 3.26. The van der Waals surface area contributed by atoms with Crippen molar-refractivity contribution < 1.29 is 18.6 Å². The number of methoxy groups -OCH3 is 1. The number of benzene rings is 1. The van der Waals surface area contributed by atoms with Crippen molar-refractivity contribution >= 4 is 5.91 Å². The summed E-state index contributed by atoms with van der Waals surface area (Å²) >= 11 is 0. The zero-order chi connectivity index (χ0) is 18.1. The predicted octanol–water partition coefficient (Wildman–Crippen LogP) is 3.62. The van der Waals surface area contributed by atoms with Crippen molar-refractivity contribution in [3.63, 3.8) is 0 Å². The van der Waals surface area contributed by atoms with Crippen LogP contribution in [-0.4, -0.2) is 34.8 Å². The fourth-order valence-corrected chi connectivity index (χ4v) is 3.26. The highest BCUT2D eigenvalue weighted by molar-refractivity contribution is 5.92. The molecule has 1 fully saturated rings. The third-order valence-corrected chi connectivity index (χ3v) is 4.60. The van der Waals surface area contributed by atoms with E-state index in [-0.39, 0.29) is 17.7 Å². The van der Waals surface area contributed by atoms with Crippen molar-refractivity contribution in [1.82, 2.24) is 15.2 Å². The molecular formula is C19H19N3O4. The standard InChI is InChI=1S/C19H19N3O4/c1-12-10-17(25-20-12)16-4-3-9-22(16)19(23)18-11-15(21-26-18)13-5-7-14(24-2)8-6-13/h5-8,10-11,16H,3-4,9H2,1-2H3/t16-/m0/s1. The Labute approximate surface area is 150 Å². The minimum Gasteiger partial charge on any atom is -0.497 e. The van der Waals surface area contributed by atoms with Gasteiger partial charge in [-0.3, -0.25) is 4.79 Å². The Kier molecular flexibility index (Phi) is 4.20. The van der Waals surface area contributed by atoms with Crippen LogP contribution < -0.4 is 4.74 Å². The van der Waals surface area contributed by atoms with Crippen LogP contribution in [0.1, 0.15) is 40.9 Å². The van der Waals surface area contributed by atoms with Crippen LogP contribution in [0.3, 0.4) is 0 Å². The van der Waals surface area contributed by atoms with Crippen LogP contribution >= 0.6 is 0 Å². The quantitative estimate of drug-likeness (QED) is 0.712. The monoisotopic (exact) mass is 353 g/mol. The summed E-state index contributed by atoms with van der Waals surface area (Å²) in [5, 5.41) is 7.96. The molecule has 1 aliphatic heterocycles. The molecule has 0 N–H and O–H groups in total. The SMILES string of the molecule is COc1ccc(-c2cc(C(=O)N3CCC[C@H]3c3cc(C)no3)on2)cc1. The Morgan fingerprint density at radius 1 is 1.19 bits per heavy atom. The molecule has 1 aromatic carbocycles. The Morgan fingerprint density at radius 3 is 2.69 bits per heavy atom. The number of carbonyl (C=O) groups excluding carboxylic acids is 1. The Hall–Kier alpha value is -3.09. The highest BCUT2D eigenvalue weighted by Crippen LogP contribution is 2.34. The lowest BCUT2D eigenvalue weighted by atomic mass is 10.1. The van der Waals surface area contributed by atoms with Gasteiger partial charge in [0.05, 0.1) is 18.8 Å². The molecule has 26 heavy (non-hydrogen) atoms. The first-order valence-corrected chi connectivity index (χ1v) is 8.51. The van der Waals surface area contributed by atoms with E-state index in [1.807, 2.05) is 37.3 Å². The van der Waals surface area contributed by atoms with E-state index >= 15 is 0 Å². The van der Waals surface area contributed by atoms with Gasteiger partial charge in [0.1, 0.15) is 11.4 Å². The first-order chi connectivity index (χ1) is 12.7. The zero-order valence-corrected chi connectivity index (χ0v) is 14.6. The molecule has 4 rings (SSSR count). The molecule has 2 aromatic heterocycles. The second-order valence-electron chi connectivity index (χ2n) is 6.33. The number of hydrogen-bond acceptors (Lipinski definition) is 6. The lowest BCUT2D eigenvalue weighted by Gasteiger charge is -2.20. The van der Waals surface area contributed by atoms with Gasteiger partial charge < -0.3 is 18.7 Å². The van der Waals surface area contributed by atoms with Crippen molar-refractivity contribution in [3.05, 3.63) is 53.6 Å². The van der Waals surface area contributed by atoms with Gasteiger partial charge in [-0.15, -0.1) is 0 Å². The van der Waals surface area contributed by atoms with Crippen LogP contribution in [0.2, 0.25) is 0 Å². The molecule has 1 saturated heterocycles. The molecule has 0 saturated carbocycles. The smallest absolute Gasteiger partial charge is 0.293 e. The van der Waals surface area contributed by atoms with Crippen LogP contribution in [0.25, 0.3) is 11.3 Å². The molecule has 7 nitrogen and oxygen atoms in total. The highest BCUT2D eigenvalue weighted by Gasteiger charge is 2.34. The van der Waals surface area contributed by atoms with E-state index in [4.69, 9.17) is 13.8 Å². The number of carbonyl (C=O) groups is 1. The van der Waals surface area contributed by atoms with Gasteiger partial charge in [0.2, 0.25) is 5.76 Å². The number of amides is 1. The lowest BCUT2D eigenvalue weighted by molar-refractivity contribution is 0.0672. The second-order valence-corrected chi connectivity index (χ2v) is 6.33. The molecule has 0 spiro atoms. The third-order valence-electron chi connectivity index (χ3n) is 4.60. The van der Waals surface area contributed by atoms with Gasteiger partial charge in [-0.05, 0) is 44.0 Å². The molecule has 7 heteroatoms. The molecule has 1 atom stereocenters. The predicted molar refractivity (Wildman–Crippen MR) is 92.7 cm³/mol. The van der Waals surface area contributed by atoms with Crippen molar-refractivity contribution in [2.24, 2.45) is 0 Å². The Morgan fingerprint density at radius 2 is 2.00 bits per heavy atom. The van der Waals surface area contributed by atoms with Gasteiger partial charge in [-0.1, -0.05) is 10.3 Å². The van der Waals surface area contributed by atoms with E-state index in [1.165, 1.54) is 0 Å². The maximum atomic E-state index is 12.9. The molecule has 0 aliphatic carbocycles. The fraction of sp³-hybridized carbons (Fsp3) is 0.316. The van der Waals surface area contributed by atoms with Crippen LogP contribution in [0, 0.1) is 6.92 Å². The normalized spacial score (nSPS) is 16.8. The van der Waals surface area contributed by atoms with E-state index in [1.54, 1.807) is 18.1 Å². The summed E-state index contributed by atoms with van der Waals surface area (Å²) in [6.07, 6.45) is 1.76. The summed E-state index contributed by atoms with van der Waals surface area (Å²) in [5.41, 5.74) is 2.28. The average molecular weight is 353 g/mol. The molecule has 1 amide bonds. The summed E-state index contributed by atoms with van der Waals surface area (Å²) in [6.45, 7) is 2.52. The molecule has 3 heterocycles. The summed E-state index contributed by atoms with van der Waals surface area (Å²) in [4.78, 5) is 14.7. The van der Waals surface area contributed by atoms with Crippen LogP contribution in [0.5, 0.6) is 5.75 Å². The number of likely N-dealkylation sites (tertiary alicyclic amines) is 1. The number of rotatable bonds is 4. The number of nitrogens with zero attached hydrogens (tertiary/aromatic N) is 3. The minimum atomic E-state index is -0.186. The minimum absolute atomic E-state index is 0.113. The largest absolute Gasteiger partial charge is 0.497 e. The third kappa shape index (κ3) is 2.96. The van der Waals surface area contributed by atoms with Gasteiger partial charge in [-0.2, -0.15) is 0 Å². The van der Waals surface area contributed by atoms with Crippen molar-refractivity contribution in [2.75, 3.05) is 13.7 Å². The number of hydrogen-bond donors (Lipinski definition) is 0. The summed E-state index contributed by atoms with van der Waals surface area (Å²) in [6, 6.07) is 10.9. The average Bonchev–Trinajstić information content (AvgIpc) is 3.41. The van der Waals surface area contributed by atoms with Crippen LogP contribution in [-0.2, 0) is 0 Å². The van der Waals surface area contributed by atoms with Crippen molar-refractivity contribution in [1.29, 1.82) is 0 Å². The van der Waals surface area contributed by atoms with Gasteiger partial charge in [-0.25, -0.2) is 0 Å². The number of aryl methyl sites for hydroxylation is 1. The van der Waals surface area contributed by atoms with E-state index in [2.05, 4.69) is 10.3 Å².